The van der Waals surface area contributed by atoms with Crippen molar-refractivity contribution in [2.45, 2.75) is 26.4 Å². The van der Waals surface area contributed by atoms with Crippen LogP contribution < -0.4 is 5.32 Å². The summed E-state index contributed by atoms with van der Waals surface area (Å²) in [6.45, 7) is 4.64. The highest BCUT2D eigenvalue weighted by Gasteiger charge is 2.34. The normalized spacial score (nSPS) is 13.2. The van der Waals surface area contributed by atoms with E-state index in [-0.39, 0.29) is 12.2 Å². The highest BCUT2D eigenvalue weighted by molar-refractivity contribution is 6.32. The number of amides is 2. The van der Waals surface area contributed by atoms with E-state index in [4.69, 9.17) is 11.6 Å². The van der Waals surface area contributed by atoms with E-state index < -0.39 is 23.6 Å². The van der Waals surface area contributed by atoms with Crippen molar-refractivity contribution in [3.8, 4) is 0 Å². The molecule has 4 nitrogen and oxygen atoms in total. The molecule has 1 aromatic heterocycles. The molecule has 2 aromatic rings. The van der Waals surface area contributed by atoms with Gasteiger partial charge in [0.05, 0.1) is 16.3 Å². The quantitative estimate of drug-likeness (QED) is 0.368. The van der Waals surface area contributed by atoms with E-state index in [1.807, 2.05) is 19.9 Å². The Hall–Kier alpha value is -2.32. The zero-order valence-electron chi connectivity index (χ0n) is 17.2. The fraction of sp³-hybridized carbons (Fsp3) is 0.333. The second-order valence-electron chi connectivity index (χ2n) is 5.88. The van der Waals surface area contributed by atoms with Crippen molar-refractivity contribution in [3.63, 3.8) is 0 Å². The average molecular weight is 480 g/mol. The number of halogens is 6. The van der Waals surface area contributed by atoms with Gasteiger partial charge in [-0.1, -0.05) is 31.5 Å². The number of rotatable bonds is 2. The van der Waals surface area contributed by atoms with Crippen LogP contribution in [0.15, 0.2) is 42.6 Å². The van der Waals surface area contributed by atoms with E-state index >= 15 is 0 Å². The van der Waals surface area contributed by atoms with Gasteiger partial charge in [0.25, 0.3) is 0 Å². The first-order chi connectivity index (χ1) is 14.8. The zero-order chi connectivity index (χ0) is 23.6. The summed E-state index contributed by atoms with van der Waals surface area (Å²) in [4.78, 5) is 17.9. The van der Waals surface area contributed by atoms with Crippen molar-refractivity contribution >= 4 is 40.5 Å². The van der Waals surface area contributed by atoms with Crippen LogP contribution in [-0.2, 0) is 6.18 Å². The van der Waals surface area contributed by atoms with E-state index in [0.717, 1.165) is 11.6 Å². The molecule has 0 saturated heterocycles. The number of carbonyl (C=O) groups is 1. The number of hydrogen-bond donors (Lipinski definition) is 1. The molecule has 2 heterocycles. The summed E-state index contributed by atoms with van der Waals surface area (Å²) in [7, 11) is 0. The van der Waals surface area contributed by atoms with Crippen molar-refractivity contribution < 1.29 is 22.4 Å². The molecule has 0 bridgehead atoms. The fourth-order valence-corrected chi connectivity index (χ4v) is 2.96. The maximum absolute atomic E-state index is 13.6. The van der Waals surface area contributed by atoms with Gasteiger partial charge in [0.1, 0.15) is 5.82 Å². The monoisotopic (exact) mass is 479 g/mol. The number of aromatic nitrogens is 1. The van der Waals surface area contributed by atoms with Crippen molar-refractivity contribution in [3.05, 3.63) is 64.7 Å². The summed E-state index contributed by atoms with van der Waals surface area (Å²) >= 11 is 10.8. The van der Waals surface area contributed by atoms with Crippen LogP contribution in [0.1, 0.15) is 31.5 Å². The maximum atomic E-state index is 13.6. The first-order valence-electron chi connectivity index (χ1n) is 9.36. The number of urea groups is 1. The molecule has 3 rings (SSSR count). The van der Waals surface area contributed by atoms with Crippen LogP contribution in [0.2, 0.25) is 5.02 Å². The SMILES string of the molecule is CC.CCl.O=C(Nc1ccc(C(F)(F)F)c(F)c1)N1CC=C(c2ncccc2Cl)CC1. The summed E-state index contributed by atoms with van der Waals surface area (Å²) in [5.74, 6) is -1.44. The van der Waals surface area contributed by atoms with Crippen molar-refractivity contribution in [1.29, 1.82) is 0 Å². The Labute approximate surface area is 188 Å². The minimum atomic E-state index is -4.78. The highest BCUT2D eigenvalue weighted by atomic mass is 35.5. The van der Waals surface area contributed by atoms with E-state index in [1.165, 1.54) is 11.3 Å². The molecule has 1 N–H and O–H groups in total. The Morgan fingerprint density at radius 3 is 2.39 bits per heavy atom. The molecule has 1 aliphatic heterocycles. The lowest BCUT2D eigenvalue weighted by Crippen LogP contribution is -2.38. The van der Waals surface area contributed by atoms with Crippen LogP contribution in [-0.4, -0.2) is 35.4 Å². The lowest BCUT2D eigenvalue weighted by molar-refractivity contribution is -0.139. The number of nitrogens with zero attached hydrogens (tertiary/aromatic N) is 2. The van der Waals surface area contributed by atoms with Crippen molar-refractivity contribution in [2.75, 3.05) is 24.8 Å². The third kappa shape index (κ3) is 7.40. The molecule has 10 heteroatoms. The molecule has 170 valence electrons. The molecule has 0 radical (unpaired) electrons. The number of nitrogens with one attached hydrogen (secondary N) is 1. The van der Waals surface area contributed by atoms with Gasteiger partial charge in [0.2, 0.25) is 0 Å². The lowest BCUT2D eigenvalue weighted by atomic mass is 10.0. The predicted octanol–water partition coefficient (Wildman–Crippen LogP) is 7.10. The molecular formula is C21H23Cl2F4N3O. The first kappa shape index (κ1) is 26.7. The third-order valence-corrected chi connectivity index (χ3v) is 4.39. The summed E-state index contributed by atoms with van der Waals surface area (Å²) in [6.07, 6.45) is 0.643. The Morgan fingerprint density at radius 1 is 1.19 bits per heavy atom. The van der Waals surface area contributed by atoms with Gasteiger partial charge in [-0.25, -0.2) is 9.18 Å². The van der Waals surface area contributed by atoms with E-state index in [0.29, 0.717) is 35.8 Å². The number of benzene rings is 1. The minimum absolute atomic E-state index is 0.0481. The Bertz CT molecular complexity index is 904. The number of pyridine rings is 1. The fourth-order valence-electron chi connectivity index (χ4n) is 2.72. The second kappa shape index (κ2) is 12.5. The molecule has 0 aliphatic carbocycles. The molecule has 1 aromatic carbocycles. The summed E-state index contributed by atoms with van der Waals surface area (Å²) in [5.41, 5.74) is 0.139. The van der Waals surface area contributed by atoms with Crippen LogP contribution >= 0.6 is 23.2 Å². The van der Waals surface area contributed by atoms with Crippen LogP contribution in [0.5, 0.6) is 0 Å². The number of anilines is 1. The van der Waals surface area contributed by atoms with Crippen LogP contribution in [0.25, 0.3) is 5.57 Å². The number of carbonyl (C=O) groups excluding carboxylic acids is 1. The van der Waals surface area contributed by atoms with Crippen molar-refractivity contribution in [1.82, 2.24) is 9.88 Å². The Morgan fingerprint density at radius 2 is 1.87 bits per heavy atom. The summed E-state index contributed by atoms with van der Waals surface area (Å²) in [6, 6.07) is 5.18. The maximum Gasteiger partial charge on any atom is 0.419 e. The minimum Gasteiger partial charge on any atom is -0.320 e. The average Bonchev–Trinajstić information content (AvgIpc) is 2.76. The van der Waals surface area contributed by atoms with Gasteiger partial charge in [0.15, 0.2) is 0 Å². The molecule has 0 atom stereocenters. The molecule has 0 saturated carbocycles. The Balaban J connectivity index is 0.00000113. The van der Waals surface area contributed by atoms with Gasteiger partial charge >= 0.3 is 12.2 Å². The molecule has 0 unspecified atom stereocenters. The van der Waals surface area contributed by atoms with E-state index in [2.05, 4.69) is 21.9 Å². The molecular weight excluding hydrogens is 457 g/mol. The number of hydrogen-bond acceptors (Lipinski definition) is 2. The van der Waals surface area contributed by atoms with E-state index in [1.54, 1.807) is 18.3 Å². The second-order valence-corrected chi connectivity index (χ2v) is 6.29. The van der Waals surface area contributed by atoms with Gasteiger partial charge in [-0.3, -0.25) is 4.98 Å². The molecule has 0 fully saturated rings. The highest BCUT2D eigenvalue weighted by Crippen LogP contribution is 2.32. The zero-order valence-corrected chi connectivity index (χ0v) is 18.7. The molecule has 0 spiro atoms. The predicted molar refractivity (Wildman–Crippen MR) is 117 cm³/mol. The molecule has 31 heavy (non-hydrogen) atoms. The standard InChI is InChI=1S/C18H14ClF4N3O.C2H6.CH3Cl/c19-14-2-1-7-24-16(14)11-5-8-26(9-6-11)17(27)25-12-3-4-13(15(20)10-12)18(21,22)23;2*1-2/h1-5,7,10H,6,8-9H2,(H,25,27);1-2H3;1H3. The third-order valence-electron chi connectivity index (χ3n) is 4.08. The van der Waals surface area contributed by atoms with Gasteiger partial charge in [0, 0.05) is 31.4 Å². The first-order valence-corrected chi connectivity index (χ1v) is 10.5. The summed E-state index contributed by atoms with van der Waals surface area (Å²) < 4.78 is 51.3. The van der Waals surface area contributed by atoms with Gasteiger partial charge < -0.3 is 10.2 Å². The van der Waals surface area contributed by atoms with Gasteiger partial charge in [-0.15, -0.1) is 11.6 Å². The van der Waals surface area contributed by atoms with Gasteiger partial charge in [-0.05, 0) is 42.3 Å². The largest absolute Gasteiger partial charge is 0.419 e. The Kier molecular flexibility index (Phi) is 10.8. The van der Waals surface area contributed by atoms with Crippen LogP contribution in [0.4, 0.5) is 28.0 Å². The number of alkyl halides is 4. The van der Waals surface area contributed by atoms with Crippen LogP contribution in [0, 0.1) is 5.82 Å². The molecule has 2 amide bonds. The van der Waals surface area contributed by atoms with Crippen molar-refractivity contribution in [2.24, 2.45) is 0 Å². The van der Waals surface area contributed by atoms with Gasteiger partial charge in [-0.2, -0.15) is 13.2 Å². The smallest absolute Gasteiger partial charge is 0.320 e. The molecule has 1 aliphatic rings. The topological polar surface area (TPSA) is 45.2 Å². The van der Waals surface area contributed by atoms with Crippen LogP contribution in [0.3, 0.4) is 0 Å². The lowest BCUT2D eigenvalue weighted by Gasteiger charge is -2.26. The summed E-state index contributed by atoms with van der Waals surface area (Å²) in [5, 5.41) is 2.92. The van der Waals surface area contributed by atoms with E-state index in [9.17, 15) is 22.4 Å².